The molecule has 1 aliphatic rings. The number of hydrogen-bond donors (Lipinski definition) is 1. The van der Waals surface area contributed by atoms with Gasteiger partial charge in [-0.1, -0.05) is 20.3 Å². The maximum Gasteiger partial charge on any atom is 0.0897 e. The van der Waals surface area contributed by atoms with E-state index in [2.05, 4.69) is 31.1 Å². The summed E-state index contributed by atoms with van der Waals surface area (Å²) in [5, 5.41) is 3.31. The lowest BCUT2D eigenvalue weighted by molar-refractivity contribution is 0.150. The Kier molecular flexibility index (Phi) is 3.10. The summed E-state index contributed by atoms with van der Waals surface area (Å²) in [7, 11) is 0. The number of rotatable bonds is 2. The van der Waals surface area contributed by atoms with E-state index < -0.39 is 0 Å². The molecule has 0 aromatic carbocycles. The SMILES string of the molecule is Cc1nc(CC2(N)CCCC(C)(C)C2)cs1. The number of thiazole rings is 1. The fraction of sp³-hybridized carbons (Fsp3) is 0.769. The molecular formula is C13H22N2S. The van der Waals surface area contributed by atoms with E-state index in [4.69, 9.17) is 5.73 Å². The molecule has 0 spiro atoms. The van der Waals surface area contributed by atoms with Gasteiger partial charge in [0.25, 0.3) is 0 Å². The second-order valence-corrected chi connectivity index (χ2v) is 7.15. The maximum absolute atomic E-state index is 6.54. The zero-order valence-corrected chi connectivity index (χ0v) is 11.4. The largest absolute Gasteiger partial charge is 0.325 e. The van der Waals surface area contributed by atoms with Gasteiger partial charge in [-0.05, 0) is 31.6 Å². The van der Waals surface area contributed by atoms with Gasteiger partial charge in [0.2, 0.25) is 0 Å². The van der Waals surface area contributed by atoms with Crippen molar-refractivity contribution in [2.24, 2.45) is 11.1 Å². The second kappa shape index (κ2) is 4.11. The Bertz CT molecular complexity index is 370. The number of nitrogens with zero attached hydrogens (tertiary/aromatic N) is 1. The molecule has 90 valence electrons. The van der Waals surface area contributed by atoms with Crippen molar-refractivity contribution >= 4 is 11.3 Å². The minimum atomic E-state index is -0.0255. The fourth-order valence-corrected chi connectivity index (χ4v) is 3.66. The van der Waals surface area contributed by atoms with Gasteiger partial charge in [-0.15, -0.1) is 11.3 Å². The summed E-state index contributed by atoms with van der Waals surface area (Å²) in [5.41, 5.74) is 8.10. The first-order chi connectivity index (χ1) is 7.39. The van der Waals surface area contributed by atoms with Crippen LogP contribution in [0.1, 0.15) is 50.2 Å². The molecule has 0 amide bonds. The maximum atomic E-state index is 6.54. The van der Waals surface area contributed by atoms with Crippen LogP contribution in [0.2, 0.25) is 0 Å². The van der Waals surface area contributed by atoms with Crippen LogP contribution >= 0.6 is 11.3 Å². The summed E-state index contributed by atoms with van der Waals surface area (Å²) in [6.07, 6.45) is 5.78. The zero-order valence-electron chi connectivity index (χ0n) is 10.5. The lowest BCUT2D eigenvalue weighted by Crippen LogP contribution is -2.48. The van der Waals surface area contributed by atoms with Gasteiger partial charge in [-0.3, -0.25) is 0 Å². The standard InChI is InChI=1S/C13H22N2S/c1-10-15-11(8-16-10)7-13(14)6-4-5-12(2,3)9-13/h8H,4-7,9,14H2,1-3H3. The summed E-state index contributed by atoms with van der Waals surface area (Å²) in [4.78, 5) is 4.54. The Balaban J connectivity index is 2.07. The Morgan fingerprint density at radius 3 is 2.75 bits per heavy atom. The summed E-state index contributed by atoms with van der Waals surface area (Å²) in [5.74, 6) is 0. The predicted molar refractivity (Wildman–Crippen MR) is 69.7 cm³/mol. The van der Waals surface area contributed by atoms with Crippen LogP contribution in [0.3, 0.4) is 0 Å². The lowest BCUT2D eigenvalue weighted by atomic mass is 9.67. The van der Waals surface area contributed by atoms with Crippen molar-refractivity contribution in [3.63, 3.8) is 0 Å². The second-order valence-electron chi connectivity index (χ2n) is 6.09. The van der Waals surface area contributed by atoms with Gasteiger partial charge in [0.05, 0.1) is 10.7 Å². The third-order valence-corrected chi connectivity index (χ3v) is 4.38. The molecule has 2 nitrogen and oxygen atoms in total. The third kappa shape index (κ3) is 2.83. The molecule has 0 bridgehead atoms. The smallest absolute Gasteiger partial charge is 0.0897 e. The van der Waals surface area contributed by atoms with Crippen LogP contribution in [0.15, 0.2) is 5.38 Å². The molecule has 1 aliphatic carbocycles. The summed E-state index contributed by atoms with van der Waals surface area (Å²) >= 11 is 1.72. The first-order valence-electron chi connectivity index (χ1n) is 6.09. The molecule has 1 atom stereocenters. The molecule has 0 aliphatic heterocycles. The highest BCUT2D eigenvalue weighted by Crippen LogP contribution is 2.41. The van der Waals surface area contributed by atoms with E-state index in [0.29, 0.717) is 5.41 Å². The average Bonchev–Trinajstić information content (AvgIpc) is 2.47. The van der Waals surface area contributed by atoms with Crippen molar-refractivity contribution in [2.45, 2.75) is 58.4 Å². The normalized spacial score (nSPS) is 29.2. The zero-order chi connectivity index (χ0) is 11.8. The minimum Gasteiger partial charge on any atom is -0.325 e. The Morgan fingerprint density at radius 2 is 2.19 bits per heavy atom. The monoisotopic (exact) mass is 238 g/mol. The number of nitrogens with two attached hydrogens (primary N) is 1. The predicted octanol–water partition coefficient (Wildman–Crippen LogP) is 3.29. The molecule has 1 aromatic heterocycles. The Morgan fingerprint density at radius 1 is 1.44 bits per heavy atom. The van der Waals surface area contributed by atoms with Crippen molar-refractivity contribution in [3.8, 4) is 0 Å². The van der Waals surface area contributed by atoms with Crippen LogP contribution in [0.5, 0.6) is 0 Å². The number of aromatic nitrogens is 1. The first kappa shape index (κ1) is 12.1. The van der Waals surface area contributed by atoms with Crippen LogP contribution in [0.25, 0.3) is 0 Å². The highest BCUT2D eigenvalue weighted by molar-refractivity contribution is 7.09. The van der Waals surface area contributed by atoms with Crippen LogP contribution in [0, 0.1) is 12.3 Å². The van der Waals surface area contributed by atoms with Gasteiger partial charge >= 0.3 is 0 Å². The van der Waals surface area contributed by atoms with Crippen LogP contribution in [-0.4, -0.2) is 10.5 Å². The minimum absolute atomic E-state index is 0.0255. The summed E-state index contributed by atoms with van der Waals surface area (Å²) in [6.45, 7) is 6.72. The van der Waals surface area contributed by atoms with Crippen molar-refractivity contribution in [1.82, 2.24) is 4.98 Å². The summed E-state index contributed by atoms with van der Waals surface area (Å²) < 4.78 is 0. The molecule has 0 saturated heterocycles. The van der Waals surface area contributed by atoms with E-state index >= 15 is 0 Å². The van der Waals surface area contributed by atoms with Crippen molar-refractivity contribution in [1.29, 1.82) is 0 Å². The van der Waals surface area contributed by atoms with E-state index in [9.17, 15) is 0 Å². The van der Waals surface area contributed by atoms with Crippen LogP contribution < -0.4 is 5.73 Å². The first-order valence-corrected chi connectivity index (χ1v) is 6.97. The van der Waals surface area contributed by atoms with Crippen LogP contribution in [0.4, 0.5) is 0 Å². The molecule has 3 heteroatoms. The van der Waals surface area contributed by atoms with Crippen molar-refractivity contribution in [2.75, 3.05) is 0 Å². The molecule has 1 aromatic rings. The number of aryl methyl sites for hydroxylation is 1. The topological polar surface area (TPSA) is 38.9 Å². The van der Waals surface area contributed by atoms with Crippen molar-refractivity contribution in [3.05, 3.63) is 16.1 Å². The molecule has 1 heterocycles. The van der Waals surface area contributed by atoms with Gasteiger partial charge in [-0.2, -0.15) is 0 Å². The molecular weight excluding hydrogens is 216 g/mol. The van der Waals surface area contributed by atoms with Gasteiger partial charge < -0.3 is 5.73 Å². The summed E-state index contributed by atoms with van der Waals surface area (Å²) in [6, 6.07) is 0. The molecule has 0 radical (unpaired) electrons. The Hall–Kier alpha value is -0.410. The third-order valence-electron chi connectivity index (χ3n) is 3.56. The quantitative estimate of drug-likeness (QED) is 0.858. The molecule has 1 fully saturated rings. The van der Waals surface area contributed by atoms with Crippen molar-refractivity contribution < 1.29 is 0 Å². The molecule has 2 N–H and O–H groups in total. The lowest BCUT2D eigenvalue weighted by Gasteiger charge is -2.42. The molecule has 1 unspecified atom stereocenters. The molecule has 16 heavy (non-hydrogen) atoms. The average molecular weight is 238 g/mol. The molecule has 2 rings (SSSR count). The number of hydrogen-bond acceptors (Lipinski definition) is 3. The highest BCUT2D eigenvalue weighted by Gasteiger charge is 2.37. The van der Waals surface area contributed by atoms with E-state index in [1.807, 2.05) is 0 Å². The van der Waals surface area contributed by atoms with E-state index in [1.54, 1.807) is 11.3 Å². The van der Waals surface area contributed by atoms with Crippen LogP contribution in [-0.2, 0) is 6.42 Å². The van der Waals surface area contributed by atoms with Gasteiger partial charge in [0.1, 0.15) is 0 Å². The van der Waals surface area contributed by atoms with Gasteiger partial charge in [-0.25, -0.2) is 4.98 Å². The Labute approximate surface area is 102 Å². The molecule has 1 saturated carbocycles. The van der Waals surface area contributed by atoms with E-state index in [0.717, 1.165) is 24.3 Å². The van der Waals surface area contributed by atoms with Gasteiger partial charge in [0.15, 0.2) is 0 Å². The van der Waals surface area contributed by atoms with Gasteiger partial charge in [0, 0.05) is 17.3 Å². The fourth-order valence-electron chi connectivity index (χ4n) is 3.05. The highest BCUT2D eigenvalue weighted by atomic mass is 32.1. The van der Waals surface area contributed by atoms with E-state index in [1.165, 1.54) is 18.5 Å². The van der Waals surface area contributed by atoms with E-state index in [-0.39, 0.29) is 5.54 Å².